The van der Waals surface area contributed by atoms with Crippen molar-refractivity contribution in [1.82, 2.24) is 9.21 Å². The van der Waals surface area contributed by atoms with Crippen molar-refractivity contribution in [3.63, 3.8) is 0 Å². The van der Waals surface area contributed by atoms with Gasteiger partial charge in [-0.25, -0.2) is 21.6 Å². The van der Waals surface area contributed by atoms with E-state index < -0.39 is 38.3 Å². The van der Waals surface area contributed by atoms with Gasteiger partial charge in [0, 0.05) is 38.2 Å². The number of carbonyl (C=O) groups excluding carboxylic acids is 1. The summed E-state index contributed by atoms with van der Waals surface area (Å²) in [5.74, 6) is -2.89. The summed E-state index contributed by atoms with van der Waals surface area (Å²) in [6.07, 6.45) is 0.493. The highest BCUT2D eigenvalue weighted by Gasteiger charge is 2.34. The Morgan fingerprint density at radius 3 is 2.38 bits per heavy atom. The third kappa shape index (κ3) is 4.62. The molecule has 156 valence electrons. The van der Waals surface area contributed by atoms with E-state index in [9.17, 15) is 26.4 Å². The molecule has 0 atom stereocenters. The van der Waals surface area contributed by atoms with Crippen molar-refractivity contribution in [2.75, 3.05) is 20.1 Å². The molecule has 9 heteroatoms. The molecule has 0 N–H and O–H groups in total. The molecule has 1 heterocycles. The van der Waals surface area contributed by atoms with E-state index in [1.165, 1.54) is 11.0 Å². The molecule has 3 rings (SSSR count). The molecule has 0 bridgehead atoms. The van der Waals surface area contributed by atoms with Crippen LogP contribution in [0.1, 0.15) is 18.4 Å². The maximum atomic E-state index is 13.9. The Bertz CT molecular complexity index is 1010. The van der Waals surface area contributed by atoms with E-state index in [2.05, 4.69) is 0 Å². The predicted octanol–water partition coefficient (Wildman–Crippen LogP) is 3.16. The molecule has 0 aliphatic carbocycles. The molecule has 0 saturated carbocycles. The van der Waals surface area contributed by atoms with Crippen molar-refractivity contribution in [2.45, 2.75) is 24.3 Å². The maximum Gasteiger partial charge on any atom is 0.246 e. The molecular weight excluding hydrogens is 405 g/mol. The fourth-order valence-corrected chi connectivity index (χ4v) is 4.97. The van der Waals surface area contributed by atoms with Gasteiger partial charge < -0.3 is 4.90 Å². The van der Waals surface area contributed by atoms with Gasteiger partial charge in [-0.3, -0.25) is 4.79 Å². The summed E-state index contributed by atoms with van der Waals surface area (Å²) in [6.45, 7) is 0.142. The van der Waals surface area contributed by atoms with Gasteiger partial charge in [-0.2, -0.15) is 4.31 Å². The number of carbonyl (C=O) groups is 1. The van der Waals surface area contributed by atoms with Crippen molar-refractivity contribution in [2.24, 2.45) is 5.92 Å². The molecule has 1 aliphatic rings. The summed E-state index contributed by atoms with van der Waals surface area (Å²) in [7, 11) is -2.63. The van der Waals surface area contributed by atoms with Crippen molar-refractivity contribution in [3.8, 4) is 0 Å². The van der Waals surface area contributed by atoms with Crippen LogP contribution in [0.2, 0.25) is 0 Å². The Hall–Kier alpha value is -2.39. The second kappa shape index (κ2) is 8.54. The second-order valence-corrected chi connectivity index (χ2v) is 8.95. The number of hydrogen-bond donors (Lipinski definition) is 0. The second-order valence-electron chi connectivity index (χ2n) is 7.04. The molecule has 0 spiro atoms. The molecule has 2 aromatic carbocycles. The highest BCUT2D eigenvalue weighted by atomic mass is 32.2. The molecule has 2 aromatic rings. The van der Waals surface area contributed by atoms with Crippen LogP contribution in [0.15, 0.2) is 47.4 Å². The third-order valence-electron chi connectivity index (χ3n) is 5.06. The van der Waals surface area contributed by atoms with E-state index in [4.69, 9.17) is 0 Å². The summed E-state index contributed by atoms with van der Waals surface area (Å²) in [6, 6.07) is 8.46. The topological polar surface area (TPSA) is 57.7 Å². The maximum absolute atomic E-state index is 13.9. The summed E-state index contributed by atoms with van der Waals surface area (Å²) in [4.78, 5) is 13.4. The van der Waals surface area contributed by atoms with Gasteiger partial charge >= 0.3 is 0 Å². The lowest BCUT2D eigenvalue weighted by molar-refractivity contribution is -0.136. The lowest BCUT2D eigenvalue weighted by atomic mass is 9.96. The highest BCUT2D eigenvalue weighted by molar-refractivity contribution is 7.89. The van der Waals surface area contributed by atoms with E-state index in [-0.39, 0.29) is 38.4 Å². The smallest absolute Gasteiger partial charge is 0.246 e. The van der Waals surface area contributed by atoms with Gasteiger partial charge in [-0.15, -0.1) is 0 Å². The van der Waals surface area contributed by atoms with E-state index >= 15 is 0 Å². The van der Waals surface area contributed by atoms with Crippen LogP contribution in [0.5, 0.6) is 0 Å². The van der Waals surface area contributed by atoms with Gasteiger partial charge in [0.2, 0.25) is 15.9 Å². The number of sulfonamides is 1. The first-order valence-corrected chi connectivity index (χ1v) is 10.6. The van der Waals surface area contributed by atoms with Crippen LogP contribution in [-0.4, -0.2) is 43.7 Å². The number of piperidine rings is 1. The van der Waals surface area contributed by atoms with Crippen molar-refractivity contribution < 1.29 is 26.4 Å². The van der Waals surface area contributed by atoms with Crippen LogP contribution in [0.25, 0.3) is 0 Å². The first kappa shape index (κ1) is 21.3. The molecular formula is C20H21F3N2O3S. The minimum Gasteiger partial charge on any atom is -0.341 e. The minimum absolute atomic E-state index is 0.0161. The average molecular weight is 426 g/mol. The molecule has 0 radical (unpaired) electrons. The standard InChI is InChI=1S/C20H21F3N2O3S/c1-24(13-15-4-2-3-5-17(15)22)20(26)14-8-10-25(11-9-14)29(27,28)19-12-16(21)6-7-18(19)23/h2-7,12,14H,8-11,13H2,1H3. The zero-order valence-corrected chi connectivity index (χ0v) is 16.6. The van der Waals surface area contributed by atoms with Crippen LogP contribution in [-0.2, 0) is 21.4 Å². The summed E-state index contributed by atoms with van der Waals surface area (Å²) >= 11 is 0. The van der Waals surface area contributed by atoms with Crippen molar-refractivity contribution in [1.29, 1.82) is 0 Å². The van der Waals surface area contributed by atoms with Gasteiger partial charge in [0.05, 0.1) is 0 Å². The van der Waals surface area contributed by atoms with Crippen LogP contribution >= 0.6 is 0 Å². The van der Waals surface area contributed by atoms with Crippen LogP contribution in [0, 0.1) is 23.4 Å². The molecule has 0 aromatic heterocycles. The molecule has 1 fully saturated rings. The zero-order valence-electron chi connectivity index (χ0n) is 15.8. The summed E-state index contributed by atoms with van der Waals surface area (Å²) < 4.78 is 67.4. The van der Waals surface area contributed by atoms with E-state index in [1.54, 1.807) is 25.2 Å². The van der Waals surface area contributed by atoms with Gasteiger partial charge in [0.15, 0.2) is 0 Å². The van der Waals surface area contributed by atoms with E-state index in [1.807, 2.05) is 0 Å². The molecule has 29 heavy (non-hydrogen) atoms. The van der Waals surface area contributed by atoms with Crippen molar-refractivity contribution >= 4 is 15.9 Å². The summed E-state index contributed by atoms with van der Waals surface area (Å²) in [5, 5.41) is 0. The molecule has 5 nitrogen and oxygen atoms in total. The lowest BCUT2D eigenvalue weighted by Crippen LogP contribution is -2.43. The Kier molecular flexibility index (Phi) is 6.28. The first-order valence-electron chi connectivity index (χ1n) is 9.13. The number of rotatable bonds is 5. The quantitative estimate of drug-likeness (QED) is 0.738. The Labute approximate surface area is 167 Å². The molecule has 0 unspecified atom stereocenters. The molecule has 1 amide bonds. The number of benzene rings is 2. The lowest BCUT2D eigenvalue weighted by Gasteiger charge is -2.32. The SMILES string of the molecule is CN(Cc1ccccc1F)C(=O)C1CCN(S(=O)(=O)c2cc(F)ccc2F)CC1. The van der Waals surface area contributed by atoms with Gasteiger partial charge in [-0.05, 0) is 37.1 Å². The Balaban J connectivity index is 1.64. The number of hydrogen-bond acceptors (Lipinski definition) is 3. The summed E-state index contributed by atoms with van der Waals surface area (Å²) in [5.41, 5.74) is 0.393. The Morgan fingerprint density at radius 2 is 1.72 bits per heavy atom. The van der Waals surface area contributed by atoms with Crippen LogP contribution < -0.4 is 0 Å². The van der Waals surface area contributed by atoms with E-state index in [0.29, 0.717) is 11.6 Å². The molecule has 1 aliphatic heterocycles. The zero-order chi connectivity index (χ0) is 21.2. The Morgan fingerprint density at radius 1 is 1.07 bits per heavy atom. The molecule has 1 saturated heterocycles. The van der Waals surface area contributed by atoms with Gasteiger partial charge in [0.1, 0.15) is 22.3 Å². The number of amides is 1. The monoisotopic (exact) mass is 426 g/mol. The highest BCUT2D eigenvalue weighted by Crippen LogP contribution is 2.27. The van der Waals surface area contributed by atoms with Crippen LogP contribution in [0.4, 0.5) is 13.2 Å². The first-order chi connectivity index (χ1) is 13.7. The largest absolute Gasteiger partial charge is 0.341 e. The van der Waals surface area contributed by atoms with Gasteiger partial charge in [0.25, 0.3) is 0 Å². The normalized spacial score (nSPS) is 16.0. The van der Waals surface area contributed by atoms with Crippen molar-refractivity contribution in [3.05, 3.63) is 65.5 Å². The van der Waals surface area contributed by atoms with E-state index in [0.717, 1.165) is 16.4 Å². The average Bonchev–Trinajstić information content (AvgIpc) is 2.71. The fourth-order valence-electron chi connectivity index (χ4n) is 3.43. The number of nitrogens with zero attached hydrogens (tertiary/aromatic N) is 2. The minimum atomic E-state index is -4.19. The predicted molar refractivity (Wildman–Crippen MR) is 101 cm³/mol. The third-order valence-corrected chi connectivity index (χ3v) is 6.97. The van der Waals surface area contributed by atoms with Crippen LogP contribution in [0.3, 0.4) is 0 Å². The van der Waals surface area contributed by atoms with Gasteiger partial charge in [-0.1, -0.05) is 18.2 Å². The number of halogens is 3. The fraction of sp³-hybridized carbons (Fsp3) is 0.350.